The van der Waals surface area contributed by atoms with E-state index in [2.05, 4.69) is 15.1 Å². The number of aryl methyl sites for hydroxylation is 2. The van der Waals surface area contributed by atoms with Gasteiger partial charge in [-0.3, -0.25) is 4.98 Å². The van der Waals surface area contributed by atoms with Crippen molar-refractivity contribution in [1.29, 1.82) is 0 Å². The van der Waals surface area contributed by atoms with Gasteiger partial charge in [0.2, 0.25) is 0 Å². The molecule has 3 aromatic rings. The van der Waals surface area contributed by atoms with E-state index in [0.29, 0.717) is 23.8 Å². The van der Waals surface area contributed by atoms with Crippen molar-refractivity contribution < 1.29 is 4.39 Å². The van der Waals surface area contributed by atoms with Crippen LogP contribution in [0.3, 0.4) is 0 Å². The van der Waals surface area contributed by atoms with Gasteiger partial charge in [0.05, 0.1) is 5.52 Å². The SMILES string of the molecule is CCn1nc(C)nc1-c1cc(F)cc2cccnc12. The minimum Gasteiger partial charge on any atom is -0.255 e. The van der Waals surface area contributed by atoms with Gasteiger partial charge in [0.1, 0.15) is 11.6 Å². The van der Waals surface area contributed by atoms with Crippen LogP contribution in [0.5, 0.6) is 0 Å². The Morgan fingerprint density at radius 3 is 2.95 bits per heavy atom. The molecule has 96 valence electrons. The van der Waals surface area contributed by atoms with Gasteiger partial charge in [-0.05, 0) is 32.0 Å². The molecule has 19 heavy (non-hydrogen) atoms. The van der Waals surface area contributed by atoms with Crippen LogP contribution in [0.2, 0.25) is 0 Å². The standard InChI is InChI=1S/C14H13FN4/c1-3-19-14(17-9(2)18-19)12-8-11(15)7-10-5-4-6-16-13(10)12/h4-8H,3H2,1-2H3. The van der Waals surface area contributed by atoms with Gasteiger partial charge in [-0.2, -0.15) is 5.10 Å². The van der Waals surface area contributed by atoms with Crippen LogP contribution in [0.15, 0.2) is 30.5 Å². The van der Waals surface area contributed by atoms with Crippen LogP contribution in [0.25, 0.3) is 22.3 Å². The summed E-state index contributed by atoms with van der Waals surface area (Å²) < 4.78 is 15.5. The third kappa shape index (κ3) is 1.97. The van der Waals surface area contributed by atoms with Gasteiger partial charge >= 0.3 is 0 Å². The van der Waals surface area contributed by atoms with Crippen molar-refractivity contribution >= 4 is 10.9 Å². The lowest BCUT2D eigenvalue weighted by Gasteiger charge is -2.06. The Balaban J connectivity index is 2.35. The molecule has 0 unspecified atom stereocenters. The second-order valence-corrected chi connectivity index (χ2v) is 4.33. The van der Waals surface area contributed by atoms with E-state index in [1.54, 1.807) is 16.9 Å². The second-order valence-electron chi connectivity index (χ2n) is 4.33. The average molecular weight is 256 g/mol. The first-order valence-corrected chi connectivity index (χ1v) is 6.15. The number of rotatable bonds is 2. The van der Waals surface area contributed by atoms with Crippen molar-refractivity contribution in [3.05, 3.63) is 42.1 Å². The summed E-state index contributed by atoms with van der Waals surface area (Å²) in [5, 5.41) is 5.06. The predicted octanol–water partition coefficient (Wildman–Crippen LogP) is 2.96. The van der Waals surface area contributed by atoms with E-state index in [1.165, 1.54) is 12.1 Å². The number of halogens is 1. The van der Waals surface area contributed by atoms with Crippen LogP contribution in [0.1, 0.15) is 12.7 Å². The third-order valence-electron chi connectivity index (χ3n) is 2.99. The fourth-order valence-corrected chi connectivity index (χ4v) is 2.20. The van der Waals surface area contributed by atoms with E-state index >= 15 is 0 Å². The highest BCUT2D eigenvalue weighted by molar-refractivity contribution is 5.91. The highest BCUT2D eigenvalue weighted by atomic mass is 19.1. The lowest BCUT2D eigenvalue weighted by atomic mass is 10.1. The van der Waals surface area contributed by atoms with Crippen LogP contribution in [0.4, 0.5) is 4.39 Å². The number of aromatic nitrogens is 4. The zero-order valence-corrected chi connectivity index (χ0v) is 10.8. The Morgan fingerprint density at radius 1 is 1.32 bits per heavy atom. The summed E-state index contributed by atoms with van der Waals surface area (Å²) in [7, 11) is 0. The Kier molecular flexibility index (Phi) is 2.74. The van der Waals surface area contributed by atoms with E-state index in [4.69, 9.17) is 0 Å². The van der Waals surface area contributed by atoms with Crippen molar-refractivity contribution in [2.75, 3.05) is 0 Å². The molecule has 0 atom stereocenters. The first-order valence-electron chi connectivity index (χ1n) is 6.15. The van der Waals surface area contributed by atoms with Gasteiger partial charge < -0.3 is 0 Å². The van der Waals surface area contributed by atoms with Gasteiger partial charge in [-0.15, -0.1) is 0 Å². The normalized spacial score (nSPS) is 11.1. The number of fused-ring (bicyclic) bond motifs is 1. The lowest BCUT2D eigenvalue weighted by Crippen LogP contribution is -2.01. The highest BCUT2D eigenvalue weighted by Gasteiger charge is 2.14. The van der Waals surface area contributed by atoms with Crippen LogP contribution in [-0.2, 0) is 6.54 Å². The Bertz CT molecular complexity index is 748. The van der Waals surface area contributed by atoms with E-state index in [0.717, 1.165) is 10.9 Å². The Labute approximate surface area is 109 Å². The molecular weight excluding hydrogens is 243 g/mol. The first kappa shape index (κ1) is 11.8. The van der Waals surface area contributed by atoms with Crippen LogP contribution in [0, 0.1) is 12.7 Å². The van der Waals surface area contributed by atoms with Crippen molar-refractivity contribution in [3.8, 4) is 11.4 Å². The summed E-state index contributed by atoms with van der Waals surface area (Å²) in [5.74, 6) is 1.03. The van der Waals surface area contributed by atoms with Crippen LogP contribution < -0.4 is 0 Å². The van der Waals surface area contributed by atoms with Crippen molar-refractivity contribution in [2.45, 2.75) is 20.4 Å². The van der Waals surface area contributed by atoms with Gasteiger partial charge in [0.15, 0.2) is 5.82 Å². The fourth-order valence-electron chi connectivity index (χ4n) is 2.20. The van der Waals surface area contributed by atoms with Gasteiger partial charge in [-0.25, -0.2) is 14.1 Å². The maximum atomic E-state index is 13.7. The molecule has 0 radical (unpaired) electrons. The minimum atomic E-state index is -0.293. The molecule has 0 fully saturated rings. The first-order chi connectivity index (χ1) is 9.19. The monoisotopic (exact) mass is 256 g/mol. The number of hydrogen-bond donors (Lipinski definition) is 0. The molecule has 0 aliphatic heterocycles. The van der Waals surface area contributed by atoms with Gasteiger partial charge in [0, 0.05) is 23.7 Å². The zero-order valence-electron chi connectivity index (χ0n) is 10.8. The molecule has 4 nitrogen and oxygen atoms in total. The second kappa shape index (κ2) is 4.42. The molecule has 5 heteroatoms. The summed E-state index contributed by atoms with van der Waals surface area (Å²) in [6, 6.07) is 6.58. The van der Waals surface area contributed by atoms with E-state index in [1.807, 2.05) is 19.9 Å². The largest absolute Gasteiger partial charge is 0.255 e. The molecule has 0 spiro atoms. The quantitative estimate of drug-likeness (QED) is 0.708. The van der Waals surface area contributed by atoms with E-state index in [9.17, 15) is 4.39 Å². The van der Waals surface area contributed by atoms with Crippen molar-refractivity contribution in [3.63, 3.8) is 0 Å². The maximum absolute atomic E-state index is 13.7. The highest BCUT2D eigenvalue weighted by Crippen LogP contribution is 2.27. The van der Waals surface area contributed by atoms with Gasteiger partial charge in [0.25, 0.3) is 0 Å². The predicted molar refractivity (Wildman–Crippen MR) is 71.1 cm³/mol. The summed E-state index contributed by atoms with van der Waals surface area (Å²) >= 11 is 0. The molecule has 0 saturated heterocycles. The van der Waals surface area contributed by atoms with Crippen LogP contribution in [-0.4, -0.2) is 19.7 Å². The molecule has 0 saturated carbocycles. The van der Waals surface area contributed by atoms with E-state index < -0.39 is 0 Å². The Hall–Kier alpha value is -2.30. The molecule has 0 aliphatic rings. The molecule has 1 aromatic carbocycles. The summed E-state index contributed by atoms with van der Waals surface area (Å²) in [6.07, 6.45) is 1.70. The molecule has 2 aromatic heterocycles. The van der Waals surface area contributed by atoms with Crippen molar-refractivity contribution in [2.24, 2.45) is 0 Å². The number of nitrogens with zero attached hydrogens (tertiary/aromatic N) is 4. The molecule has 0 aliphatic carbocycles. The Morgan fingerprint density at radius 2 is 2.16 bits per heavy atom. The molecule has 0 amide bonds. The van der Waals surface area contributed by atoms with Gasteiger partial charge in [-0.1, -0.05) is 6.07 Å². The third-order valence-corrected chi connectivity index (χ3v) is 2.99. The number of hydrogen-bond acceptors (Lipinski definition) is 3. The summed E-state index contributed by atoms with van der Waals surface area (Å²) in [5.41, 5.74) is 1.42. The summed E-state index contributed by atoms with van der Waals surface area (Å²) in [4.78, 5) is 8.72. The molecule has 0 bridgehead atoms. The fraction of sp³-hybridized carbons (Fsp3) is 0.214. The zero-order chi connectivity index (χ0) is 13.4. The molecule has 2 heterocycles. The van der Waals surface area contributed by atoms with Crippen molar-refractivity contribution in [1.82, 2.24) is 19.7 Å². The summed E-state index contributed by atoms with van der Waals surface area (Å²) in [6.45, 7) is 4.48. The topological polar surface area (TPSA) is 43.6 Å². The molecule has 3 rings (SSSR count). The molecule has 0 N–H and O–H groups in total. The maximum Gasteiger partial charge on any atom is 0.160 e. The molecular formula is C14H13FN4. The van der Waals surface area contributed by atoms with Crippen LogP contribution >= 0.6 is 0 Å². The lowest BCUT2D eigenvalue weighted by molar-refractivity contribution is 0.628. The number of benzene rings is 1. The van der Waals surface area contributed by atoms with E-state index in [-0.39, 0.29) is 5.82 Å². The average Bonchev–Trinajstić information content (AvgIpc) is 2.78. The minimum absolute atomic E-state index is 0.293. The number of pyridine rings is 1. The smallest absolute Gasteiger partial charge is 0.160 e.